The van der Waals surface area contributed by atoms with Crippen LogP contribution in [0.5, 0.6) is 5.88 Å². The molecule has 1 aromatic carbocycles. The molecule has 1 fully saturated rings. The quantitative estimate of drug-likeness (QED) is 0.940. The summed E-state index contributed by atoms with van der Waals surface area (Å²) < 4.78 is 5.13. The highest BCUT2D eigenvalue weighted by atomic mass is 35.5. The minimum absolute atomic E-state index is 0.0220. The van der Waals surface area contributed by atoms with Crippen LogP contribution >= 0.6 is 11.6 Å². The summed E-state index contributed by atoms with van der Waals surface area (Å²) in [6.07, 6.45) is 2.44. The van der Waals surface area contributed by atoms with Crippen LogP contribution in [0.2, 0.25) is 5.02 Å². The standard InChI is InChI=1S/C16H15ClN2O2/c1-21-16-14(7-4-8-18-16)19-15(20)12-9-11(12)10-5-2-3-6-13(10)17/h2-8,11-12H,9H2,1H3,(H,19,20)/t11-,12-/m1/s1. The maximum atomic E-state index is 12.3. The van der Waals surface area contributed by atoms with Crippen LogP contribution in [-0.4, -0.2) is 18.0 Å². The lowest BCUT2D eigenvalue weighted by Gasteiger charge is -2.08. The van der Waals surface area contributed by atoms with Crippen molar-refractivity contribution in [3.63, 3.8) is 0 Å². The molecule has 0 saturated heterocycles. The predicted octanol–water partition coefficient (Wildman–Crippen LogP) is 3.49. The molecule has 1 N–H and O–H groups in total. The molecule has 4 nitrogen and oxygen atoms in total. The number of anilines is 1. The van der Waals surface area contributed by atoms with Crippen LogP contribution in [0.1, 0.15) is 17.9 Å². The van der Waals surface area contributed by atoms with Gasteiger partial charge in [-0.3, -0.25) is 4.79 Å². The first-order valence-electron chi connectivity index (χ1n) is 6.75. The molecule has 3 rings (SSSR count). The molecular weight excluding hydrogens is 288 g/mol. The number of nitrogens with zero attached hydrogens (tertiary/aromatic N) is 1. The Hall–Kier alpha value is -2.07. The third-order valence-corrected chi connectivity index (χ3v) is 4.00. The third-order valence-electron chi connectivity index (χ3n) is 3.65. The number of carbonyl (C=O) groups is 1. The molecule has 0 radical (unpaired) electrons. The Kier molecular flexibility index (Phi) is 3.80. The van der Waals surface area contributed by atoms with Crippen molar-refractivity contribution in [2.75, 3.05) is 12.4 Å². The molecule has 0 unspecified atom stereocenters. The molecule has 1 aliphatic carbocycles. The molecule has 0 spiro atoms. The van der Waals surface area contributed by atoms with Crippen molar-refractivity contribution in [2.45, 2.75) is 12.3 Å². The van der Waals surface area contributed by atoms with E-state index >= 15 is 0 Å². The van der Waals surface area contributed by atoms with Crippen molar-refractivity contribution in [2.24, 2.45) is 5.92 Å². The number of ether oxygens (including phenoxy) is 1. The topological polar surface area (TPSA) is 51.2 Å². The van der Waals surface area contributed by atoms with E-state index in [2.05, 4.69) is 10.3 Å². The van der Waals surface area contributed by atoms with E-state index in [4.69, 9.17) is 16.3 Å². The highest BCUT2D eigenvalue weighted by Crippen LogP contribution is 2.50. The SMILES string of the molecule is COc1ncccc1NC(=O)[C@@H]1C[C@@H]1c1ccccc1Cl. The second-order valence-corrected chi connectivity index (χ2v) is 5.43. The van der Waals surface area contributed by atoms with Crippen LogP contribution in [0.25, 0.3) is 0 Å². The fourth-order valence-corrected chi connectivity index (χ4v) is 2.75. The first-order valence-corrected chi connectivity index (χ1v) is 7.13. The Morgan fingerprint density at radius 2 is 2.14 bits per heavy atom. The van der Waals surface area contributed by atoms with E-state index in [1.54, 1.807) is 18.3 Å². The van der Waals surface area contributed by atoms with Gasteiger partial charge in [0.05, 0.1) is 7.11 Å². The number of rotatable bonds is 4. The summed E-state index contributed by atoms with van der Waals surface area (Å²) in [4.78, 5) is 16.4. The molecule has 0 bridgehead atoms. The summed E-state index contributed by atoms with van der Waals surface area (Å²) in [6.45, 7) is 0. The van der Waals surface area contributed by atoms with Crippen LogP contribution in [0.3, 0.4) is 0 Å². The van der Waals surface area contributed by atoms with Crippen molar-refractivity contribution >= 4 is 23.2 Å². The van der Waals surface area contributed by atoms with Crippen molar-refractivity contribution in [3.8, 4) is 5.88 Å². The number of aromatic nitrogens is 1. The van der Waals surface area contributed by atoms with Crippen molar-refractivity contribution < 1.29 is 9.53 Å². The van der Waals surface area contributed by atoms with E-state index in [1.165, 1.54) is 7.11 Å². The second kappa shape index (κ2) is 5.74. The monoisotopic (exact) mass is 302 g/mol. The van der Waals surface area contributed by atoms with Gasteiger partial charge in [0.1, 0.15) is 5.69 Å². The van der Waals surface area contributed by atoms with Gasteiger partial charge in [-0.15, -0.1) is 0 Å². The minimum atomic E-state index is -0.0465. The van der Waals surface area contributed by atoms with Gasteiger partial charge in [0, 0.05) is 17.1 Å². The highest BCUT2D eigenvalue weighted by molar-refractivity contribution is 6.31. The molecule has 2 aromatic rings. The summed E-state index contributed by atoms with van der Waals surface area (Å²) in [6, 6.07) is 11.2. The summed E-state index contributed by atoms with van der Waals surface area (Å²) in [7, 11) is 1.53. The zero-order valence-corrected chi connectivity index (χ0v) is 12.3. The summed E-state index contributed by atoms with van der Waals surface area (Å²) in [5.74, 6) is 0.545. The largest absolute Gasteiger partial charge is 0.480 e. The van der Waals surface area contributed by atoms with E-state index in [0.29, 0.717) is 11.6 Å². The molecule has 108 valence electrons. The van der Waals surface area contributed by atoms with Gasteiger partial charge in [0.25, 0.3) is 0 Å². The summed E-state index contributed by atoms with van der Waals surface area (Å²) in [5, 5.41) is 3.59. The number of amides is 1. The van der Waals surface area contributed by atoms with Gasteiger partial charge >= 0.3 is 0 Å². The molecule has 1 aliphatic rings. The average Bonchev–Trinajstić information content (AvgIpc) is 3.29. The lowest BCUT2D eigenvalue weighted by atomic mass is 10.1. The summed E-state index contributed by atoms with van der Waals surface area (Å²) >= 11 is 6.18. The van der Waals surface area contributed by atoms with E-state index in [0.717, 1.165) is 17.0 Å². The fourth-order valence-electron chi connectivity index (χ4n) is 2.48. The normalized spacial score (nSPS) is 19.9. The zero-order chi connectivity index (χ0) is 14.8. The third kappa shape index (κ3) is 2.85. The first-order chi connectivity index (χ1) is 10.2. The molecule has 2 atom stereocenters. The molecule has 5 heteroatoms. The molecule has 0 aliphatic heterocycles. The Bertz CT molecular complexity index is 675. The Balaban J connectivity index is 1.70. The predicted molar refractivity (Wildman–Crippen MR) is 81.7 cm³/mol. The maximum Gasteiger partial charge on any atom is 0.237 e. The van der Waals surface area contributed by atoms with Gasteiger partial charge in [0.15, 0.2) is 0 Å². The fraction of sp³-hybridized carbons (Fsp3) is 0.250. The van der Waals surface area contributed by atoms with Gasteiger partial charge in [-0.2, -0.15) is 0 Å². The number of benzene rings is 1. The van der Waals surface area contributed by atoms with E-state index < -0.39 is 0 Å². The number of hydrogen-bond acceptors (Lipinski definition) is 3. The molecule has 21 heavy (non-hydrogen) atoms. The van der Waals surface area contributed by atoms with Gasteiger partial charge in [-0.05, 0) is 36.1 Å². The number of hydrogen-bond donors (Lipinski definition) is 1. The minimum Gasteiger partial charge on any atom is -0.480 e. The lowest BCUT2D eigenvalue weighted by Crippen LogP contribution is -2.15. The highest BCUT2D eigenvalue weighted by Gasteiger charge is 2.44. The van der Waals surface area contributed by atoms with Crippen LogP contribution < -0.4 is 10.1 Å². The number of methoxy groups -OCH3 is 1. The van der Waals surface area contributed by atoms with E-state index in [9.17, 15) is 4.79 Å². The van der Waals surface area contributed by atoms with Crippen molar-refractivity contribution in [3.05, 3.63) is 53.2 Å². The molecule has 1 amide bonds. The molecule has 1 saturated carbocycles. The van der Waals surface area contributed by atoms with Gasteiger partial charge in [0.2, 0.25) is 11.8 Å². The smallest absolute Gasteiger partial charge is 0.237 e. The lowest BCUT2D eigenvalue weighted by molar-refractivity contribution is -0.117. The van der Waals surface area contributed by atoms with Crippen LogP contribution in [-0.2, 0) is 4.79 Å². The Morgan fingerprint density at radius 3 is 2.90 bits per heavy atom. The Morgan fingerprint density at radius 1 is 1.33 bits per heavy atom. The van der Waals surface area contributed by atoms with Gasteiger partial charge in [-0.1, -0.05) is 29.8 Å². The Labute approximate surface area is 128 Å². The summed E-state index contributed by atoms with van der Waals surface area (Å²) in [5.41, 5.74) is 1.63. The van der Waals surface area contributed by atoms with Crippen LogP contribution in [0.4, 0.5) is 5.69 Å². The molecule has 1 heterocycles. The number of carbonyl (C=O) groups excluding carboxylic acids is 1. The number of nitrogens with one attached hydrogen (secondary N) is 1. The van der Waals surface area contributed by atoms with Crippen molar-refractivity contribution in [1.29, 1.82) is 0 Å². The van der Waals surface area contributed by atoms with Crippen LogP contribution in [0, 0.1) is 5.92 Å². The number of pyridine rings is 1. The first kappa shape index (κ1) is 13.9. The number of halogens is 1. The van der Waals surface area contributed by atoms with Crippen molar-refractivity contribution in [1.82, 2.24) is 4.98 Å². The average molecular weight is 303 g/mol. The molecule has 1 aromatic heterocycles. The second-order valence-electron chi connectivity index (χ2n) is 5.02. The van der Waals surface area contributed by atoms with E-state index in [1.807, 2.05) is 24.3 Å². The van der Waals surface area contributed by atoms with Gasteiger partial charge < -0.3 is 10.1 Å². The van der Waals surface area contributed by atoms with E-state index in [-0.39, 0.29) is 17.7 Å². The maximum absolute atomic E-state index is 12.3. The van der Waals surface area contributed by atoms with Gasteiger partial charge in [-0.25, -0.2) is 4.98 Å². The molecular formula is C16H15ClN2O2. The zero-order valence-electron chi connectivity index (χ0n) is 11.5. The van der Waals surface area contributed by atoms with Crippen LogP contribution in [0.15, 0.2) is 42.6 Å².